The number of hydrogen-bond acceptors (Lipinski definition) is 4. The van der Waals surface area contributed by atoms with Gasteiger partial charge in [0, 0.05) is 25.7 Å². The van der Waals surface area contributed by atoms with Crippen LogP contribution in [-0.2, 0) is 0 Å². The zero-order valence-electron chi connectivity index (χ0n) is 11.4. The van der Waals surface area contributed by atoms with Crippen molar-refractivity contribution >= 4 is 5.91 Å². The van der Waals surface area contributed by atoms with E-state index in [0.29, 0.717) is 19.1 Å². The van der Waals surface area contributed by atoms with Gasteiger partial charge in [0.05, 0.1) is 5.69 Å². The van der Waals surface area contributed by atoms with Gasteiger partial charge in [0.2, 0.25) is 5.82 Å². The van der Waals surface area contributed by atoms with E-state index in [4.69, 9.17) is 0 Å². The first-order chi connectivity index (χ1) is 9.74. The van der Waals surface area contributed by atoms with E-state index in [9.17, 15) is 4.79 Å². The SMILES string of the molecule is C[C@@H]1CN(C(=O)c2ncn(-c3ccccc3)n2)CCN1. The van der Waals surface area contributed by atoms with Gasteiger partial charge in [-0.2, -0.15) is 0 Å². The van der Waals surface area contributed by atoms with Gasteiger partial charge in [0.25, 0.3) is 5.91 Å². The predicted octanol–water partition coefficient (Wildman–Crippen LogP) is 0.701. The molecule has 6 heteroatoms. The maximum Gasteiger partial charge on any atom is 0.293 e. The molecular weight excluding hydrogens is 254 g/mol. The molecule has 1 N–H and O–H groups in total. The van der Waals surface area contributed by atoms with Crippen LogP contribution < -0.4 is 5.32 Å². The lowest BCUT2D eigenvalue weighted by Crippen LogP contribution is -2.51. The Morgan fingerprint density at radius 3 is 2.90 bits per heavy atom. The monoisotopic (exact) mass is 271 g/mol. The number of nitrogens with zero attached hydrogens (tertiary/aromatic N) is 4. The summed E-state index contributed by atoms with van der Waals surface area (Å²) in [6.07, 6.45) is 1.58. The number of benzene rings is 1. The van der Waals surface area contributed by atoms with Gasteiger partial charge < -0.3 is 10.2 Å². The number of piperazine rings is 1. The van der Waals surface area contributed by atoms with Crippen molar-refractivity contribution in [1.29, 1.82) is 0 Å². The van der Waals surface area contributed by atoms with Crippen molar-refractivity contribution in [2.75, 3.05) is 19.6 Å². The van der Waals surface area contributed by atoms with E-state index >= 15 is 0 Å². The van der Waals surface area contributed by atoms with Crippen LogP contribution in [0.4, 0.5) is 0 Å². The van der Waals surface area contributed by atoms with E-state index in [1.807, 2.05) is 30.3 Å². The molecule has 1 aromatic carbocycles. The topological polar surface area (TPSA) is 63.1 Å². The molecule has 2 aromatic rings. The largest absolute Gasteiger partial charge is 0.333 e. The first kappa shape index (κ1) is 12.8. The average molecular weight is 271 g/mol. The van der Waals surface area contributed by atoms with Crippen LogP contribution in [0.15, 0.2) is 36.7 Å². The van der Waals surface area contributed by atoms with E-state index in [1.54, 1.807) is 15.9 Å². The quantitative estimate of drug-likeness (QED) is 0.873. The Bertz CT molecular complexity index is 595. The van der Waals surface area contributed by atoms with E-state index in [1.165, 1.54) is 0 Å². The average Bonchev–Trinajstić information content (AvgIpc) is 2.97. The second-order valence-electron chi connectivity index (χ2n) is 4.95. The van der Waals surface area contributed by atoms with E-state index in [-0.39, 0.29) is 11.7 Å². The summed E-state index contributed by atoms with van der Waals surface area (Å²) < 4.78 is 1.62. The molecule has 1 aromatic heterocycles. The third-order valence-corrected chi connectivity index (χ3v) is 3.36. The Morgan fingerprint density at radius 2 is 2.15 bits per heavy atom. The number of aromatic nitrogens is 3. The van der Waals surface area contributed by atoms with E-state index in [2.05, 4.69) is 22.3 Å². The van der Waals surface area contributed by atoms with Gasteiger partial charge in [-0.25, -0.2) is 9.67 Å². The van der Waals surface area contributed by atoms with Crippen LogP contribution in [0.2, 0.25) is 0 Å². The lowest BCUT2D eigenvalue weighted by atomic mass is 10.2. The molecule has 0 aliphatic carbocycles. The zero-order valence-corrected chi connectivity index (χ0v) is 11.4. The Hall–Kier alpha value is -2.21. The maximum atomic E-state index is 12.3. The maximum absolute atomic E-state index is 12.3. The summed E-state index contributed by atoms with van der Waals surface area (Å²) in [6.45, 7) is 4.27. The first-order valence-electron chi connectivity index (χ1n) is 6.74. The predicted molar refractivity (Wildman–Crippen MR) is 74.7 cm³/mol. The molecule has 1 aliphatic rings. The number of para-hydroxylation sites is 1. The summed E-state index contributed by atoms with van der Waals surface area (Å²) in [5.74, 6) is 0.149. The lowest BCUT2D eigenvalue weighted by Gasteiger charge is -2.30. The van der Waals surface area contributed by atoms with Crippen LogP contribution in [0.5, 0.6) is 0 Å². The van der Waals surface area contributed by atoms with Gasteiger partial charge in [-0.1, -0.05) is 18.2 Å². The van der Waals surface area contributed by atoms with Crippen LogP contribution in [0, 0.1) is 0 Å². The highest BCUT2D eigenvalue weighted by molar-refractivity contribution is 5.90. The Balaban J connectivity index is 1.78. The van der Waals surface area contributed by atoms with Crippen molar-refractivity contribution < 1.29 is 4.79 Å². The highest BCUT2D eigenvalue weighted by atomic mass is 16.2. The van der Waals surface area contributed by atoms with Crippen LogP contribution >= 0.6 is 0 Å². The van der Waals surface area contributed by atoms with Crippen LogP contribution in [0.25, 0.3) is 5.69 Å². The molecule has 0 radical (unpaired) electrons. The minimum Gasteiger partial charge on any atom is -0.333 e. The molecule has 20 heavy (non-hydrogen) atoms. The second kappa shape index (κ2) is 5.42. The van der Waals surface area contributed by atoms with Crippen LogP contribution in [0.3, 0.4) is 0 Å². The summed E-state index contributed by atoms with van der Waals surface area (Å²) >= 11 is 0. The lowest BCUT2D eigenvalue weighted by molar-refractivity contribution is 0.0697. The highest BCUT2D eigenvalue weighted by Crippen LogP contribution is 2.07. The van der Waals surface area contributed by atoms with Crippen molar-refractivity contribution in [2.24, 2.45) is 0 Å². The van der Waals surface area contributed by atoms with Crippen molar-refractivity contribution in [3.05, 3.63) is 42.5 Å². The minimum absolute atomic E-state index is 0.104. The zero-order chi connectivity index (χ0) is 13.9. The van der Waals surface area contributed by atoms with Crippen LogP contribution in [-0.4, -0.2) is 51.2 Å². The second-order valence-corrected chi connectivity index (χ2v) is 4.95. The fourth-order valence-corrected chi connectivity index (χ4v) is 2.32. The smallest absolute Gasteiger partial charge is 0.293 e. The molecule has 0 spiro atoms. The Labute approximate surface area is 117 Å². The van der Waals surface area contributed by atoms with Crippen molar-refractivity contribution in [3.63, 3.8) is 0 Å². The molecule has 3 rings (SSSR count). The summed E-state index contributed by atoms with van der Waals surface area (Å²) in [7, 11) is 0. The first-order valence-corrected chi connectivity index (χ1v) is 6.74. The fourth-order valence-electron chi connectivity index (χ4n) is 2.32. The molecular formula is C14H17N5O. The van der Waals surface area contributed by atoms with E-state index in [0.717, 1.165) is 12.2 Å². The van der Waals surface area contributed by atoms with Gasteiger partial charge in [-0.15, -0.1) is 5.10 Å². The van der Waals surface area contributed by atoms with Gasteiger partial charge in [-0.3, -0.25) is 4.79 Å². The molecule has 2 heterocycles. The third kappa shape index (κ3) is 2.55. The number of rotatable bonds is 2. The van der Waals surface area contributed by atoms with Crippen molar-refractivity contribution in [3.8, 4) is 5.69 Å². The normalized spacial score (nSPS) is 19.1. The third-order valence-electron chi connectivity index (χ3n) is 3.36. The number of nitrogens with one attached hydrogen (secondary N) is 1. The summed E-state index contributed by atoms with van der Waals surface area (Å²) in [5.41, 5.74) is 0.896. The van der Waals surface area contributed by atoms with E-state index < -0.39 is 0 Å². The van der Waals surface area contributed by atoms with Crippen LogP contribution in [0.1, 0.15) is 17.5 Å². The number of hydrogen-bond donors (Lipinski definition) is 1. The summed E-state index contributed by atoms with van der Waals surface area (Å²) in [4.78, 5) is 18.3. The van der Waals surface area contributed by atoms with Crippen molar-refractivity contribution in [2.45, 2.75) is 13.0 Å². The van der Waals surface area contributed by atoms with Gasteiger partial charge in [-0.05, 0) is 19.1 Å². The molecule has 0 bridgehead atoms. The summed E-state index contributed by atoms with van der Waals surface area (Å²) in [6, 6.07) is 9.96. The minimum atomic E-state index is -0.104. The molecule has 1 aliphatic heterocycles. The highest BCUT2D eigenvalue weighted by Gasteiger charge is 2.24. The fraction of sp³-hybridized carbons (Fsp3) is 0.357. The standard InChI is InChI=1S/C14H17N5O/c1-11-9-18(8-7-15-11)14(20)13-16-10-19(17-13)12-5-3-2-4-6-12/h2-6,10-11,15H,7-9H2,1H3/t11-/m1/s1. The molecule has 0 saturated carbocycles. The molecule has 1 fully saturated rings. The molecule has 1 saturated heterocycles. The van der Waals surface area contributed by atoms with Gasteiger partial charge in [0.15, 0.2) is 0 Å². The molecule has 1 atom stereocenters. The number of carbonyl (C=O) groups is 1. The van der Waals surface area contributed by atoms with Gasteiger partial charge in [0.1, 0.15) is 6.33 Å². The molecule has 0 unspecified atom stereocenters. The Kier molecular flexibility index (Phi) is 3.47. The summed E-state index contributed by atoms with van der Waals surface area (Å²) in [5, 5.41) is 7.58. The van der Waals surface area contributed by atoms with Gasteiger partial charge >= 0.3 is 0 Å². The molecule has 104 valence electrons. The molecule has 6 nitrogen and oxygen atoms in total. The number of carbonyl (C=O) groups excluding carboxylic acids is 1. The number of amides is 1. The van der Waals surface area contributed by atoms with Crippen molar-refractivity contribution in [1.82, 2.24) is 25.0 Å². The molecule has 1 amide bonds. The Morgan fingerprint density at radius 1 is 1.35 bits per heavy atom.